The first kappa shape index (κ1) is 19.4. The second-order valence-electron chi connectivity index (χ2n) is 6.67. The van der Waals surface area contributed by atoms with Crippen LogP contribution in [0.4, 0.5) is 0 Å². The molecule has 0 aliphatic rings. The first-order chi connectivity index (χ1) is 9.35. The van der Waals surface area contributed by atoms with Gasteiger partial charge in [0.15, 0.2) is 0 Å². The van der Waals surface area contributed by atoms with E-state index < -0.39 is 5.97 Å². The summed E-state index contributed by atoms with van der Waals surface area (Å²) in [5.74, 6) is -0.737. The van der Waals surface area contributed by atoms with E-state index in [0.29, 0.717) is 6.42 Å². The lowest BCUT2D eigenvalue weighted by Crippen LogP contribution is -2.42. The van der Waals surface area contributed by atoms with Gasteiger partial charge in [0.05, 0.1) is 21.1 Å². The zero-order valence-corrected chi connectivity index (χ0v) is 13.9. The van der Waals surface area contributed by atoms with Crippen molar-refractivity contribution in [2.24, 2.45) is 0 Å². The number of nitrogens with zero attached hydrogens (tertiary/aromatic N) is 1. The number of rotatable bonds is 13. The van der Waals surface area contributed by atoms with E-state index in [4.69, 9.17) is 9.84 Å². The Hall–Kier alpha value is -0.610. The number of quaternary nitrogens is 1. The maximum Gasteiger partial charge on any atom is 0.303 e. The van der Waals surface area contributed by atoms with E-state index >= 15 is 0 Å². The van der Waals surface area contributed by atoms with Gasteiger partial charge in [-0.2, -0.15) is 0 Å². The summed E-state index contributed by atoms with van der Waals surface area (Å²) in [6, 6.07) is 0. The highest BCUT2D eigenvalue weighted by molar-refractivity contribution is 5.66. The van der Waals surface area contributed by atoms with Crippen molar-refractivity contribution < 1.29 is 19.1 Å². The number of hydrogen-bond acceptors (Lipinski definition) is 2. The van der Waals surface area contributed by atoms with E-state index in [1.165, 1.54) is 32.1 Å². The van der Waals surface area contributed by atoms with Gasteiger partial charge in [-0.3, -0.25) is 4.79 Å². The van der Waals surface area contributed by atoms with Crippen molar-refractivity contribution in [1.82, 2.24) is 0 Å². The summed E-state index contributed by atoms with van der Waals surface area (Å²) >= 11 is 0. The van der Waals surface area contributed by atoms with Gasteiger partial charge in [-0.1, -0.05) is 39.0 Å². The maximum absolute atomic E-state index is 10.7. The quantitative estimate of drug-likeness (QED) is 0.418. The van der Waals surface area contributed by atoms with Crippen LogP contribution in [-0.2, 0) is 9.53 Å². The monoisotopic (exact) mass is 288 g/mol. The third-order valence-corrected chi connectivity index (χ3v) is 3.28. The van der Waals surface area contributed by atoms with Gasteiger partial charge < -0.3 is 14.3 Å². The third kappa shape index (κ3) is 13.8. The summed E-state index contributed by atoms with van der Waals surface area (Å²) in [7, 11) is 6.34. The molecule has 1 unspecified atom stereocenters. The normalized spacial score (nSPS) is 13.4. The number of carboxylic acid groups (broad SMARTS) is 1. The number of carbonyl (C=O) groups is 1. The van der Waals surface area contributed by atoms with E-state index in [0.717, 1.165) is 24.1 Å². The summed E-state index contributed by atoms with van der Waals surface area (Å²) in [6.45, 7) is 3.85. The van der Waals surface area contributed by atoms with Gasteiger partial charge in [0.25, 0.3) is 0 Å². The maximum atomic E-state index is 10.7. The molecule has 1 N–H and O–H groups in total. The number of unbranched alkanes of at least 4 members (excludes halogenated alkanes) is 5. The van der Waals surface area contributed by atoms with Crippen LogP contribution in [0, 0.1) is 0 Å². The van der Waals surface area contributed by atoms with Crippen molar-refractivity contribution in [2.75, 3.05) is 34.3 Å². The molecule has 0 aromatic heterocycles. The van der Waals surface area contributed by atoms with Gasteiger partial charge in [-0.05, 0) is 12.8 Å². The number of ether oxygens (including phenoxy) is 1. The second-order valence-corrected chi connectivity index (χ2v) is 6.67. The van der Waals surface area contributed by atoms with E-state index in [1.807, 2.05) is 0 Å². The Labute approximate surface area is 124 Å². The molecule has 0 bridgehead atoms. The van der Waals surface area contributed by atoms with E-state index in [1.54, 1.807) is 0 Å². The lowest BCUT2D eigenvalue weighted by atomic mass is 10.1. The minimum Gasteiger partial charge on any atom is -0.481 e. The van der Waals surface area contributed by atoms with Crippen LogP contribution in [0.2, 0.25) is 0 Å². The van der Waals surface area contributed by atoms with Crippen molar-refractivity contribution in [3.63, 3.8) is 0 Å². The predicted octanol–water partition coefficient (Wildman–Crippen LogP) is 3.30. The minimum atomic E-state index is -0.737. The molecule has 120 valence electrons. The van der Waals surface area contributed by atoms with Crippen molar-refractivity contribution in [1.29, 1.82) is 0 Å². The topological polar surface area (TPSA) is 46.5 Å². The summed E-state index contributed by atoms with van der Waals surface area (Å²) in [6.07, 6.45) is 8.37. The molecule has 0 radical (unpaired) electrons. The van der Waals surface area contributed by atoms with Gasteiger partial charge in [0.2, 0.25) is 0 Å². The number of carboxylic acids is 1. The Morgan fingerprint density at radius 2 is 1.70 bits per heavy atom. The van der Waals surface area contributed by atoms with Gasteiger partial charge in [-0.25, -0.2) is 0 Å². The average molecular weight is 288 g/mol. The Morgan fingerprint density at radius 3 is 2.25 bits per heavy atom. The van der Waals surface area contributed by atoms with Crippen LogP contribution in [0.3, 0.4) is 0 Å². The predicted molar refractivity (Wildman–Crippen MR) is 82.9 cm³/mol. The lowest BCUT2D eigenvalue weighted by molar-refractivity contribution is -0.873. The summed E-state index contributed by atoms with van der Waals surface area (Å²) < 4.78 is 6.70. The fourth-order valence-electron chi connectivity index (χ4n) is 2.26. The summed E-state index contributed by atoms with van der Waals surface area (Å²) in [5.41, 5.74) is 0. The molecule has 20 heavy (non-hydrogen) atoms. The molecule has 0 aromatic rings. The van der Waals surface area contributed by atoms with Crippen LogP contribution in [0.25, 0.3) is 0 Å². The van der Waals surface area contributed by atoms with Crippen LogP contribution in [0.1, 0.15) is 58.3 Å². The first-order valence-corrected chi connectivity index (χ1v) is 7.99. The molecule has 0 spiro atoms. The van der Waals surface area contributed by atoms with E-state index in [-0.39, 0.29) is 12.5 Å². The van der Waals surface area contributed by atoms with Crippen LogP contribution >= 0.6 is 0 Å². The highest BCUT2D eigenvalue weighted by atomic mass is 16.5. The molecule has 0 saturated carbocycles. The molecule has 0 rings (SSSR count). The molecule has 0 saturated heterocycles. The minimum absolute atomic E-state index is 0.0572. The zero-order valence-electron chi connectivity index (χ0n) is 13.9. The van der Waals surface area contributed by atoms with Crippen molar-refractivity contribution in [3.05, 3.63) is 0 Å². The molecule has 1 atom stereocenters. The van der Waals surface area contributed by atoms with E-state index in [9.17, 15) is 4.79 Å². The largest absolute Gasteiger partial charge is 0.481 e. The molecular formula is C16H34NO3+. The van der Waals surface area contributed by atoms with Gasteiger partial charge in [-0.15, -0.1) is 0 Å². The molecular weight excluding hydrogens is 254 g/mol. The first-order valence-electron chi connectivity index (χ1n) is 7.99. The number of aliphatic carboxylic acids is 1. The fourth-order valence-corrected chi connectivity index (χ4v) is 2.26. The molecule has 4 nitrogen and oxygen atoms in total. The van der Waals surface area contributed by atoms with Crippen molar-refractivity contribution >= 4 is 5.97 Å². The van der Waals surface area contributed by atoms with Crippen LogP contribution in [-0.4, -0.2) is 56.0 Å². The molecule has 0 fully saturated rings. The van der Waals surface area contributed by atoms with Gasteiger partial charge >= 0.3 is 5.97 Å². The molecule has 0 aromatic carbocycles. The smallest absolute Gasteiger partial charge is 0.303 e. The van der Waals surface area contributed by atoms with Crippen LogP contribution < -0.4 is 0 Å². The van der Waals surface area contributed by atoms with Gasteiger partial charge in [0.1, 0.15) is 12.6 Å². The van der Waals surface area contributed by atoms with Gasteiger partial charge in [0, 0.05) is 13.0 Å². The van der Waals surface area contributed by atoms with Crippen LogP contribution in [0.5, 0.6) is 0 Å². The van der Waals surface area contributed by atoms with Crippen molar-refractivity contribution in [2.45, 2.75) is 64.4 Å². The van der Waals surface area contributed by atoms with Crippen LogP contribution in [0.15, 0.2) is 0 Å². The molecule has 0 heterocycles. The highest BCUT2D eigenvalue weighted by Crippen LogP contribution is 2.10. The lowest BCUT2D eigenvalue weighted by Gasteiger charge is -2.29. The SMILES string of the molecule is CCCCCCCCOC(CCC(=O)O)C[N+](C)(C)C. The second kappa shape index (κ2) is 11.1. The molecule has 0 aliphatic carbocycles. The molecule has 0 amide bonds. The Balaban J connectivity index is 3.82. The molecule has 4 heteroatoms. The third-order valence-electron chi connectivity index (χ3n) is 3.28. The Morgan fingerprint density at radius 1 is 1.10 bits per heavy atom. The zero-order chi connectivity index (χ0) is 15.4. The fraction of sp³-hybridized carbons (Fsp3) is 0.938. The van der Waals surface area contributed by atoms with Crippen molar-refractivity contribution in [3.8, 4) is 0 Å². The highest BCUT2D eigenvalue weighted by Gasteiger charge is 2.19. The standard InChI is InChI=1S/C16H33NO3/c1-5-6-7-8-9-10-13-20-15(11-12-16(18)19)14-17(2,3)4/h15H,5-14H2,1-4H3/p+1. The summed E-state index contributed by atoms with van der Waals surface area (Å²) in [4.78, 5) is 10.7. The Kier molecular flexibility index (Phi) is 10.8. The summed E-state index contributed by atoms with van der Waals surface area (Å²) in [5, 5.41) is 8.79. The average Bonchev–Trinajstić information content (AvgIpc) is 2.32. The molecule has 0 aliphatic heterocycles. The number of hydrogen-bond donors (Lipinski definition) is 1. The number of likely N-dealkylation sites (N-methyl/N-ethyl adjacent to an activating group) is 1. The van der Waals surface area contributed by atoms with E-state index in [2.05, 4.69) is 28.1 Å². The Bertz CT molecular complexity index is 249.